The number of nitrogens with zero attached hydrogens (tertiary/aromatic N) is 2. The third-order valence-corrected chi connectivity index (χ3v) is 3.40. The maximum Gasteiger partial charge on any atom is 0.317 e. The Labute approximate surface area is 102 Å². The maximum absolute atomic E-state index is 11.9. The van der Waals surface area contributed by atoms with Gasteiger partial charge in [0, 0.05) is 33.2 Å². The van der Waals surface area contributed by atoms with E-state index in [0.717, 1.165) is 32.2 Å². The van der Waals surface area contributed by atoms with E-state index in [1.807, 2.05) is 0 Å². The second kappa shape index (κ2) is 4.94. The summed E-state index contributed by atoms with van der Waals surface area (Å²) in [6.07, 6.45) is 4.01. The number of urea groups is 1. The summed E-state index contributed by atoms with van der Waals surface area (Å²) in [5, 5.41) is 2.97. The molecule has 0 aromatic carbocycles. The van der Waals surface area contributed by atoms with Crippen LogP contribution < -0.4 is 5.32 Å². The number of nitrogens with one attached hydrogen (secondary N) is 1. The molecule has 1 unspecified atom stereocenters. The molecule has 1 saturated carbocycles. The van der Waals surface area contributed by atoms with Crippen LogP contribution in [-0.2, 0) is 4.79 Å². The van der Waals surface area contributed by atoms with Crippen LogP contribution in [0.5, 0.6) is 0 Å². The van der Waals surface area contributed by atoms with Gasteiger partial charge in [-0.3, -0.25) is 4.79 Å². The normalized spacial score (nSPS) is 24.4. The van der Waals surface area contributed by atoms with Gasteiger partial charge in [0.2, 0.25) is 5.91 Å². The van der Waals surface area contributed by atoms with Crippen molar-refractivity contribution in [2.75, 3.05) is 27.2 Å². The fourth-order valence-corrected chi connectivity index (χ4v) is 2.22. The maximum atomic E-state index is 11.9. The van der Waals surface area contributed by atoms with E-state index in [9.17, 15) is 9.59 Å². The predicted octanol–water partition coefficient (Wildman–Crippen LogP) is 0.659. The first-order chi connectivity index (χ1) is 8.08. The molecule has 1 aliphatic carbocycles. The van der Waals surface area contributed by atoms with Gasteiger partial charge < -0.3 is 15.1 Å². The minimum absolute atomic E-state index is 0.00348. The Hall–Kier alpha value is -1.26. The Bertz CT molecular complexity index is 313. The van der Waals surface area contributed by atoms with Gasteiger partial charge >= 0.3 is 6.03 Å². The molecule has 3 amide bonds. The lowest BCUT2D eigenvalue weighted by Gasteiger charge is -2.33. The van der Waals surface area contributed by atoms with Crippen molar-refractivity contribution in [1.29, 1.82) is 0 Å². The lowest BCUT2D eigenvalue weighted by molar-refractivity contribution is -0.134. The van der Waals surface area contributed by atoms with Gasteiger partial charge in [0.15, 0.2) is 0 Å². The van der Waals surface area contributed by atoms with Gasteiger partial charge in [-0.2, -0.15) is 0 Å². The lowest BCUT2D eigenvalue weighted by atomic mass is 9.97. The molecule has 1 N–H and O–H groups in total. The van der Waals surface area contributed by atoms with Crippen molar-refractivity contribution >= 4 is 11.9 Å². The summed E-state index contributed by atoms with van der Waals surface area (Å²) < 4.78 is 0. The average Bonchev–Trinajstić information content (AvgIpc) is 3.12. The van der Waals surface area contributed by atoms with Gasteiger partial charge in [-0.25, -0.2) is 4.79 Å². The van der Waals surface area contributed by atoms with Crippen LogP contribution in [0.4, 0.5) is 4.79 Å². The fourth-order valence-electron chi connectivity index (χ4n) is 2.22. The van der Waals surface area contributed by atoms with Crippen LogP contribution in [0.1, 0.15) is 25.7 Å². The van der Waals surface area contributed by atoms with Crippen LogP contribution in [0, 0.1) is 5.92 Å². The smallest absolute Gasteiger partial charge is 0.317 e. The zero-order valence-corrected chi connectivity index (χ0v) is 10.6. The highest BCUT2D eigenvalue weighted by molar-refractivity contribution is 5.80. The predicted molar refractivity (Wildman–Crippen MR) is 64.5 cm³/mol. The van der Waals surface area contributed by atoms with Crippen molar-refractivity contribution in [1.82, 2.24) is 15.1 Å². The Morgan fingerprint density at radius 3 is 2.53 bits per heavy atom. The van der Waals surface area contributed by atoms with E-state index in [1.165, 1.54) is 0 Å². The minimum atomic E-state index is -0.0243. The van der Waals surface area contributed by atoms with Crippen LogP contribution in [0.25, 0.3) is 0 Å². The quantitative estimate of drug-likeness (QED) is 0.769. The first kappa shape index (κ1) is 12.2. The van der Waals surface area contributed by atoms with Crippen LogP contribution in [0.2, 0.25) is 0 Å². The molecule has 1 saturated heterocycles. The van der Waals surface area contributed by atoms with Gasteiger partial charge in [-0.1, -0.05) is 0 Å². The molecule has 2 aliphatic rings. The molecule has 1 aliphatic heterocycles. The van der Waals surface area contributed by atoms with E-state index < -0.39 is 0 Å². The van der Waals surface area contributed by atoms with Crippen molar-refractivity contribution in [3.8, 4) is 0 Å². The Morgan fingerprint density at radius 1 is 1.24 bits per heavy atom. The van der Waals surface area contributed by atoms with Crippen molar-refractivity contribution in [2.45, 2.75) is 31.7 Å². The minimum Gasteiger partial charge on any atom is -0.349 e. The van der Waals surface area contributed by atoms with Crippen molar-refractivity contribution < 1.29 is 9.59 Å². The highest BCUT2D eigenvalue weighted by atomic mass is 16.2. The molecule has 0 aromatic rings. The summed E-state index contributed by atoms with van der Waals surface area (Å²) in [6.45, 7) is 1.34. The first-order valence-corrected chi connectivity index (χ1v) is 6.34. The topological polar surface area (TPSA) is 52.7 Å². The van der Waals surface area contributed by atoms with E-state index >= 15 is 0 Å². The second-order valence-electron chi connectivity index (χ2n) is 5.24. The molecule has 1 atom stereocenters. The monoisotopic (exact) mass is 239 g/mol. The van der Waals surface area contributed by atoms with E-state index in [4.69, 9.17) is 0 Å². The van der Waals surface area contributed by atoms with Gasteiger partial charge in [-0.05, 0) is 25.7 Å². The lowest BCUT2D eigenvalue weighted by Crippen LogP contribution is -2.49. The number of carbonyl (C=O) groups is 2. The fraction of sp³-hybridized carbons (Fsp3) is 0.833. The molecule has 96 valence electrons. The van der Waals surface area contributed by atoms with Crippen LogP contribution in [0.3, 0.4) is 0 Å². The van der Waals surface area contributed by atoms with E-state index in [2.05, 4.69) is 5.32 Å². The Balaban J connectivity index is 1.87. The van der Waals surface area contributed by atoms with Gasteiger partial charge in [0.05, 0.1) is 5.92 Å². The molecule has 0 radical (unpaired) electrons. The summed E-state index contributed by atoms with van der Waals surface area (Å²) in [4.78, 5) is 27.1. The molecule has 5 heteroatoms. The standard InChI is InChI=1S/C12H21N3O2/c1-14(2)11(16)9-4-3-7-15(8-9)12(17)13-10-5-6-10/h9-10H,3-8H2,1-2H3,(H,13,17). The first-order valence-electron chi connectivity index (χ1n) is 6.34. The highest BCUT2D eigenvalue weighted by Gasteiger charge is 2.31. The highest BCUT2D eigenvalue weighted by Crippen LogP contribution is 2.21. The van der Waals surface area contributed by atoms with Crippen LogP contribution >= 0.6 is 0 Å². The summed E-state index contributed by atoms with van der Waals surface area (Å²) in [6, 6.07) is 0.385. The van der Waals surface area contributed by atoms with Gasteiger partial charge in [0.1, 0.15) is 0 Å². The second-order valence-corrected chi connectivity index (χ2v) is 5.24. The molecule has 17 heavy (non-hydrogen) atoms. The van der Waals surface area contributed by atoms with Crippen LogP contribution in [-0.4, -0.2) is 55.0 Å². The van der Waals surface area contributed by atoms with Gasteiger partial charge in [0.25, 0.3) is 0 Å². The number of amides is 3. The number of hydrogen-bond donors (Lipinski definition) is 1. The number of rotatable bonds is 2. The summed E-state index contributed by atoms with van der Waals surface area (Å²) in [7, 11) is 3.54. The van der Waals surface area contributed by atoms with Crippen LogP contribution in [0.15, 0.2) is 0 Å². The van der Waals surface area contributed by atoms with Crippen molar-refractivity contribution in [3.05, 3.63) is 0 Å². The molecule has 0 spiro atoms. The van der Waals surface area contributed by atoms with E-state index in [-0.39, 0.29) is 17.9 Å². The molecule has 1 heterocycles. The van der Waals surface area contributed by atoms with Crippen molar-refractivity contribution in [2.24, 2.45) is 5.92 Å². The largest absolute Gasteiger partial charge is 0.349 e. The summed E-state index contributed by atoms with van der Waals surface area (Å²) in [5.41, 5.74) is 0. The number of piperidine rings is 1. The summed E-state index contributed by atoms with van der Waals surface area (Å²) >= 11 is 0. The third-order valence-electron chi connectivity index (χ3n) is 3.40. The average molecular weight is 239 g/mol. The number of hydrogen-bond acceptors (Lipinski definition) is 2. The zero-order chi connectivity index (χ0) is 12.4. The molecule has 2 fully saturated rings. The Morgan fingerprint density at radius 2 is 1.94 bits per heavy atom. The Kier molecular flexibility index (Phi) is 3.54. The molecule has 0 aromatic heterocycles. The molecule has 0 bridgehead atoms. The zero-order valence-electron chi connectivity index (χ0n) is 10.6. The molecular weight excluding hydrogens is 218 g/mol. The SMILES string of the molecule is CN(C)C(=O)C1CCCN(C(=O)NC2CC2)C1. The molecule has 5 nitrogen and oxygen atoms in total. The molecule has 2 rings (SSSR count). The number of carbonyl (C=O) groups excluding carboxylic acids is 2. The summed E-state index contributed by atoms with van der Waals surface area (Å²) in [5.74, 6) is 0.109. The number of likely N-dealkylation sites (tertiary alicyclic amines) is 1. The molecular formula is C12H21N3O2. The van der Waals surface area contributed by atoms with E-state index in [0.29, 0.717) is 12.6 Å². The van der Waals surface area contributed by atoms with Gasteiger partial charge in [-0.15, -0.1) is 0 Å². The van der Waals surface area contributed by atoms with E-state index in [1.54, 1.807) is 23.9 Å². The van der Waals surface area contributed by atoms with Crippen molar-refractivity contribution in [3.63, 3.8) is 0 Å². The third kappa shape index (κ3) is 3.11.